The molecule has 156 valence electrons. The first-order chi connectivity index (χ1) is 14.1. The summed E-state index contributed by atoms with van der Waals surface area (Å²) < 4.78 is 71.9. The highest BCUT2D eigenvalue weighted by atomic mass is 32.2. The molecular formula is C21H16F3NO4S. The Hall–Kier alpha value is -3.33. The van der Waals surface area contributed by atoms with E-state index in [1.54, 1.807) is 35.1 Å². The van der Waals surface area contributed by atoms with Crippen LogP contribution in [-0.4, -0.2) is 14.3 Å². The van der Waals surface area contributed by atoms with Crippen LogP contribution in [0.25, 0.3) is 0 Å². The summed E-state index contributed by atoms with van der Waals surface area (Å²) in [7, 11) is -4.79. The summed E-state index contributed by atoms with van der Waals surface area (Å²) in [6.45, 7) is 1.88. The molecule has 3 rings (SSSR count). The Morgan fingerprint density at radius 1 is 0.900 bits per heavy atom. The van der Waals surface area contributed by atoms with Crippen molar-refractivity contribution in [1.82, 2.24) is 4.72 Å². The average Bonchev–Trinajstić information content (AvgIpc) is 2.69. The summed E-state index contributed by atoms with van der Waals surface area (Å²) in [6, 6.07) is 16.3. The van der Waals surface area contributed by atoms with E-state index >= 15 is 0 Å². The van der Waals surface area contributed by atoms with Crippen molar-refractivity contribution < 1.29 is 31.1 Å². The minimum absolute atomic E-state index is 0.0539. The Labute approximate surface area is 171 Å². The Kier molecular flexibility index (Phi) is 5.84. The highest BCUT2D eigenvalue weighted by Gasteiger charge is 2.37. The molecule has 0 unspecified atom stereocenters. The smallest absolute Gasteiger partial charge is 0.417 e. The predicted octanol–water partition coefficient (Wildman–Crippen LogP) is 4.92. The van der Waals surface area contributed by atoms with Gasteiger partial charge in [-0.3, -0.25) is 4.79 Å². The second-order valence-electron chi connectivity index (χ2n) is 6.34. The molecule has 0 heterocycles. The third-order valence-corrected chi connectivity index (χ3v) is 5.48. The first-order valence-corrected chi connectivity index (χ1v) is 10.1. The third kappa shape index (κ3) is 4.80. The van der Waals surface area contributed by atoms with Gasteiger partial charge in [0.15, 0.2) is 0 Å². The molecule has 0 aliphatic heterocycles. The Bertz CT molecular complexity index is 1170. The summed E-state index contributed by atoms with van der Waals surface area (Å²) in [5, 5.41) is 0. The van der Waals surface area contributed by atoms with Gasteiger partial charge in [0.25, 0.3) is 15.9 Å². The highest BCUT2D eigenvalue weighted by Crippen LogP contribution is 2.34. The van der Waals surface area contributed by atoms with E-state index in [9.17, 15) is 26.4 Å². The molecule has 0 aromatic heterocycles. The number of ether oxygens (including phenoxy) is 1. The van der Waals surface area contributed by atoms with Crippen molar-refractivity contribution in [3.63, 3.8) is 0 Å². The summed E-state index contributed by atoms with van der Waals surface area (Å²) in [5.74, 6) is -0.654. The summed E-state index contributed by atoms with van der Waals surface area (Å²) in [4.78, 5) is 11.6. The van der Waals surface area contributed by atoms with Gasteiger partial charge in [0.05, 0.1) is 16.0 Å². The van der Waals surface area contributed by atoms with Crippen LogP contribution in [0.2, 0.25) is 0 Å². The van der Waals surface area contributed by atoms with Crippen LogP contribution in [0.1, 0.15) is 21.5 Å². The molecule has 0 saturated heterocycles. The maximum Gasteiger partial charge on any atom is 0.417 e. The molecule has 1 N–H and O–H groups in total. The maximum atomic E-state index is 13.2. The molecule has 0 aliphatic rings. The molecule has 0 saturated carbocycles. The fourth-order valence-electron chi connectivity index (χ4n) is 2.64. The third-order valence-electron chi connectivity index (χ3n) is 4.09. The molecule has 30 heavy (non-hydrogen) atoms. The number of alkyl halides is 3. The van der Waals surface area contributed by atoms with Crippen molar-refractivity contribution in [2.45, 2.75) is 18.0 Å². The number of aryl methyl sites for hydroxylation is 1. The number of nitrogens with one attached hydrogen (secondary N) is 1. The van der Waals surface area contributed by atoms with Crippen molar-refractivity contribution in [1.29, 1.82) is 0 Å². The fourth-order valence-corrected chi connectivity index (χ4v) is 3.84. The molecule has 9 heteroatoms. The lowest BCUT2D eigenvalue weighted by Crippen LogP contribution is -2.32. The summed E-state index contributed by atoms with van der Waals surface area (Å²) in [5.41, 5.74) is -0.525. The molecule has 0 atom stereocenters. The van der Waals surface area contributed by atoms with Gasteiger partial charge in [0, 0.05) is 0 Å². The van der Waals surface area contributed by atoms with Crippen molar-refractivity contribution in [2.75, 3.05) is 0 Å². The van der Waals surface area contributed by atoms with Gasteiger partial charge < -0.3 is 4.74 Å². The van der Waals surface area contributed by atoms with Crippen LogP contribution in [0.5, 0.6) is 11.5 Å². The van der Waals surface area contributed by atoms with Crippen molar-refractivity contribution in [2.24, 2.45) is 0 Å². The topological polar surface area (TPSA) is 72.5 Å². The standard InChI is InChI=1S/C21H16F3NO4S/c1-14-10-12-15(13-11-14)29-18-8-4-2-6-16(18)20(26)25-30(27,28)19-9-5-3-7-17(19)21(22,23)24/h2-13H,1H3,(H,25,26). The zero-order valence-corrected chi connectivity index (χ0v) is 16.4. The molecule has 3 aromatic rings. The van der Waals surface area contributed by atoms with Crippen LogP contribution in [-0.2, 0) is 16.2 Å². The number of hydrogen-bond donors (Lipinski definition) is 1. The number of benzene rings is 3. The normalized spacial score (nSPS) is 11.7. The van der Waals surface area contributed by atoms with Crippen molar-refractivity contribution in [3.8, 4) is 11.5 Å². The first-order valence-electron chi connectivity index (χ1n) is 8.65. The average molecular weight is 435 g/mol. The molecule has 0 fully saturated rings. The lowest BCUT2D eigenvalue weighted by Gasteiger charge is -2.15. The fraction of sp³-hybridized carbons (Fsp3) is 0.0952. The maximum absolute atomic E-state index is 13.2. The second kappa shape index (κ2) is 8.19. The van der Waals surface area contributed by atoms with E-state index in [0.29, 0.717) is 11.8 Å². The van der Waals surface area contributed by atoms with Crippen LogP contribution >= 0.6 is 0 Å². The van der Waals surface area contributed by atoms with Crippen LogP contribution in [0.15, 0.2) is 77.7 Å². The van der Waals surface area contributed by atoms with Gasteiger partial charge in [0.1, 0.15) is 11.5 Å². The van der Waals surface area contributed by atoms with Gasteiger partial charge in [-0.05, 0) is 43.3 Å². The van der Waals surface area contributed by atoms with Gasteiger partial charge >= 0.3 is 6.18 Å². The largest absolute Gasteiger partial charge is 0.457 e. The van der Waals surface area contributed by atoms with Gasteiger partial charge in [-0.15, -0.1) is 0 Å². The summed E-state index contributed by atoms with van der Waals surface area (Å²) >= 11 is 0. The van der Waals surface area contributed by atoms with Gasteiger partial charge in [-0.1, -0.05) is 42.0 Å². The molecule has 0 aliphatic carbocycles. The van der Waals surface area contributed by atoms with Crippen molar-refractivity contribution in [3.05, 3.63) is 89.5 Å². The zero-order chi connectivity index (χ0) is 21.9. The number of carbonyl (C=O) groups excluding carboxylic acids is 1. The molecule has 0 bridgehead atoms. The number of halogens is 3. The molecule has 0 spiro atoms. The number of hydrogen-bond acceptors (Lipinski definition) is 4. The predicted molar refractivity (Wildman–Crippen MR) is 104 cm³/mol. The van der Waals surface area contributed by atoms with Crippen LogP contribution in [0, 0.1) is 6.92 Å². The molecule has 3 aromatic carbocycles. The summed E-state index contributed by atoms with van der Waals surface area (Å²) in [6.07, 6.45) is -4.90. The van der Waals surface area contributed by atoms with E-state index in [4.69, 9.17) is 4.74 Å². The minimum Gasteiger partial charge on any atom is -0.457 e. The highest BCUT2D eigenvalue weighted by molar-refractivity contribution is 7.90. The molecule has 1 amide bonds. The monoisotopic (exact) mass is 435 g/mol. The van der Waals surface area contributed by atoms with E-state index in [1.165, 1.54) is 18.2 Å². The quantitative estimate of drug-likeness (QED) is 0.617. The lowest BCUT2D eigenvalue weighted by atomic mass is 10.2. The van der Waals surface area contributed by atoms with E-state index in [0.717, 1.165) is 23.8 Å². The SMILES string of the molecule is Cc1ccc(Oc2ccccc2C(=O)NS(=O)(=O)c2ccccc2C(F)(F)F)cc1. The number of carbonyl (C=O) groups is 1. The van der Waals surface area contributed by atoms with Crippen molar-refractivity contribution >= 4 is 15.9 Å². The lowest BCUT2D eigenvalue weighted by molar-refractivity contribution is -0.139. The van der Waals surface area contributed by atoms with Gasteiger partial charge in [0.2, 0.25) is 0 Å². The van der Waals surface area contributed by atoms with Gasteiger partial charge in [-0.2, -0.15) is 13.2 Å². The number of rotatable bonds is 5. The van der Waals surface area contributed by atoms with E-state index in [-0.39, 0.29) is 11.3 Å². The zero-order valence-electron chi connectivity index (χ0n) is 15.6. The number of amides is 1. The first kappa shape index (κ1) is 21.4. The number of sulfonamides is 1. The van der Waals surface area contributed by atoms with Gasteiger partial charge in [-0.25, -0.2) is 13.1 Å². The van der Waals surface area contributed by atoms with Crippen LogP contribution in [0.4, 0.5) is 13.2 Å². The molecule has 5 nitrogen and oxygen atoms in total. The Balaban J connectivity index is 1.91. The molecule has 0 radical (unpaired) electrons. The van der Waals surface area contributed by atoms with Crippen LogP contribution in [0.3, 0.4) is 0 Å². The second-order valence-corrected chi connectivity index (χ2v) is 7.99. The van der Waals surface area contributed by atoms with Crippen LogP contribution < -0.4 is 9.46 Å². The van der Waals surface area contributed by atoms with E-state index in [1.807, 2.05) is 6.92 Å². The van der Waals surface area contributed by atoms with E-state index < -0.39 is 32.6 Å². The minimum atomic E-state index is -4.90. The Morgan fingerprint density at radius 2 is 1.50 bits per heavy atom. The Morgan fingerprint density at radius 3 is 2.17 bits per heavy atom. The molecular weight excluding hydrogens is 419 g/mol. The number of para-hydroxylation sites is 1. The van der Waals surface area contributed by atoms with E-state index in [2.05, 4.69) is 0 Å².